The van der Waals surface area contributed by atoms with Gasteiger partial charge >= 0.3 is 11.9 Å². The number of nitrogens with zero attached hydrogens (tertiary/aromatic N) is 1. The minimum absolute atomic E-state index is 0.209. The van der Waals surface area contributed by atoms with Crippen molar-refractivity contribution in [1.82, 2.24) is 0 Å². The second-order valence-corrected chi connectivity index (χ2v) is 8.10. The Balaban J connectivity index is 1.79. The van der Waals surface area contributed by atoms with E-state index in [2.05, 4.69) is 0 Å². The van der Waals surface area contributed by atoms with Crippen LogP contribution in [0.4, 0.5) is 5.69 Å². The molecule has 4 rings (SSSR count). The fourth-order valence-electron chi connectivity index (χ4n) is 4.68. The molecule has 3 heterocycles. The monoisotopic (exact) mass is 427 g/mol. The number of carbonyl (C=O) groups excluding carboxylic acids is 5. The van der Waals surface area contributed by atoms with E-state index in [1.165, 1.54) is 19.1 Å². The molecule has 0 saturated carbocycles. The van der Waals surface area contributed by atoms with Gasteiger partial charge in [-0.15, -0.1) is 0 Å². The molecule has 0 N–H and O–H groups in total. The van der Waals surface area contributed by atoms with Crippen molar-refractivity contribution in [1.29, 1.82) is 0 Å². The van der Waals surface area contributed by atoms with Crippen LogP contribution in [0.3, 0.4) is 0 Å². The summed E-state index contributed by atoms with van der Waals surface area (Å²) >= 11 is 0. The molecule has 2 fully saturated rings. The van der Waals surface area contributed by atoms with Crippen LogP contribution in [0, 0.1) is 11.8 Å². The SMILES string of the molecule is CC(=O)OC(OC(C)=O)C12C=CC(C)(O1)C1C(=O)N(c3cccc(C(C)=O)c3)C(=O)C12. The zero-order valence-corrected chi connectivity index (χ0v) is 17.4. The van der Waals surface area contributed by atoms with Gasteiger partial charge in [0.15, 0.2) is 11.4 Å². The Bertz CT molecular complexity index is 1050. The normalized spacial score (nSPS) is 30.7. The summed E-state index contributed by atoms with van der Waals surface area (Å²) in [5.41, 5.74) is -2.20. The lowest BCUT2D eigenvalue weighted by atomic mass is 9.72. The molecule has 3 aliphatic heterocycles. The second kappa shape index (κ2) is 6.84. The number of hydrogen-bond donors (Lipinski definition) is 0. The van der Waals surface area contributed by atoms with E-state index in [1.54, 1.807) is 31.2 Å². The highest BCUT2D eigenvalue weighted by atomic mass is 16.7. The fourth-order valence-corrected chi connectivity index (χ4v) is 4.68. The lowest BCUT2D eigenvalue weighted by Gasteiger charge is -2.34. The molecule has 0 spiro atoms. The number of anilines is 1. The first-order chi connectivity index (χ1) is 14.5. The quantitative estimate of drug-likeness (QED) is 0.228. The minimum Gasteiger partial charge on any atom is -0.422 e. The third-order valence-electron chi connectivity index (χ3n) is 5.91. The number of hydrogen-bond acceptors (Lipinski definition) is 8. The topological polar surface area (TPSA) is 116 Å². The van der Waals surface area contributed by atoms with Crippen LogP contribution >= 0.6 is 0 Å². The Morgan fingerprint density at radius 3 is 2.19 bits per heavy atom. The third kappa shape index (κ3) is 2.99. The molecule has 2 bridgehead atoms. The van der Waals surface area contributed by atoms with Gasteiger partial charge in [-0.25, -0.2) is 4.90 Å². The van der Waals surface area contributed by atoms with Gasteiger partial charge in [0.05, 0.1) is 23.1 Å². The Hall–Kier alpha value is -3.33. The molecule has 9 nitrogen and oxygen atoms in total. The predicted molar refractivity (Wildman–Crippen MR) is 105 cm³/mol. The maximum absolute atomic E-state index is 13.5. The molecule has 9 heteroatoms. The summed E-state index contributed by atoms with van der Waals surface area (Å²) in [6.45, 7) is 5.31. The van der Waals surface area contributed by atoms with Gasteiger partial charge in [-0.2, -0.15) is 0 Å². The number of imide groups is 1. The molecule has 3 aliphatic rings. The molecule has 31 heavy (non-hydrogen) atoms. The fraction of sp³-hybridized carbons (Fsp3) is 0.409. The second-order valence-electron chi connectivity index (χ2n) is 8.10. The first-order valence-corrected chi connectivity index (χ1v) is 9.74. The maximum atomic E-state index is 13.5. The van der Waals surface area contributed by atoms with Crippen molar-refractivity contribution in [3.05, 3.63) is 42.0 Å². The average Bonchev–Trinajstić information content (AvgIpc) is 3.26. The highest BCUT2D eigenvalue weighted by molar-refractivity contribution is 6.23. The number of rotatable bonds is 5. The van der Waals surface area contributed by atoms with Gasteiger partial charge < -0.3 is 14.2 Å². The zero-order chi connectivity index (χ0) is 22.7. The van der Waals surface area contributed by atoms with Crippen LogP contribution in [0.5, 0.6) is 0 Å². The number of Topliss-reactive ketones (excluding diaryl/α,β-unsaturated/α-hetero) is 1. The number of benzene rings is 1. The van der Waals surface area contributed by atoms with E-state index in [4.69, 9.17) is 14.2 Å². The van der Waals surface area contributed by atoms with E-state index in [-0.39, 0.29) is 11.5 Å². The van der Waals surface area contributed by atoms with Crippen molar-refractivity contribution in [2.45, 2.75) is 45.2 Å². The largest absolute Gasteiger partial charge is 0.422 e. The van der Waals surface area contributed by atoms with E-state index in [1.807, 2.05) is 0 Å². The molecule has 0 radical (unpaired) electrons. The molecule has 162 valence electrons. The Labute approximate surface area is 177 Å². The van der Waals surface area contributed by atoms with Crippen molar-refractivity contribution in [3.8, 4) is 0 Å². The van der Waals surface area contributed by atoms with Crippen LogP contribution in [0.15, 0.2) is 36.4 Å². The van der Waals surface area contributed by atoms with Crippen molar-refractivity contribution in [2.75, 3.05) is 4.90 Å². The predicted octanol–water partition coefficient (Wildman–Crippen LogP) is 1.54. The van der Waals surface area contributed by atoms with Crippen molar-refractivity contribution in [2.24, 2.45) is 11.8 Å². The third-order valence-corrected chi connectivity index (χ3v) is 5.91. The van der Waals surface area contributed by atoms with Crippen LogP contribution in [-0.2, 0) is 33.4 Å². The number of fused-ring (bicyclic) bond motifs is 5. The molecular formula is C22H21NO8. The van der Waals surface area contributed by atoms with Crippen LogP contribution in [0.25, 0.3) is 0 Å². The summed E-state index contributed by atoms with van der Waals surface area (Å²) in [5, 5.41) is 0. The Kier molecular flexibility index (Phi) is 4.62. The molecule has 1 aromatic carbocycles. The van der Waals surface area contributed by atoms with Crippen LogP contribution in [0.2, 0.25) is 0 Å². The van der Waals surface area contributed by atoms with E-state index in [0.717, 1.165) is 18.7 Å². The summed E-state index contributed by atoms with van der Waals surface area (Å²) in [4.78, 5) is 63.0. The van der Waals surface area contributed by atoms with Gasteiger partial charge in [0.1, 0.15) is 0 Å². The van der Waals surface area contributed by atoms with Gasteiger partial charge in [-0.05, 0) is 32.1 Å². The molecule has 4 unspecified atom stereocenters. The number of ketones is 1. The number of esters is 2. The van der Waals surface area contributed by atoms with Crippen LogP contribution in [-0.4, -0.2) is 47.0 Å². The van der Waals surface area contributed by atoms with E-state index in [0.29, 0.717) is 5.56 Å². The van der Waals surface area contributed by atoms with Crippen molar-refractivity contribution < 1.29 is 38.2 Å². The van der Waals surface area contributed by atoms with Crippen LogP contribution in [0.1, 0.15) is 38.1 Å². The number of carbonyl (C=O) groups is 5. The first-order valence-electron chi connectivity index (χ1n) is 9.74. The molecule has 0 aliphatic carbocycles. The summed E-state index contributed by atoms with van der Waals surface area (Å²) in [5.74, 6) is -4.78. The Morgan fingerprint density at radius 1 is 1.00 bits per heavy atom. The molecule has 1 aromatic rings. The van der Waals surface area contributed by atoms with Crippen molar-refractivity contribution >= 4 is 35.2 Å². The van der Waals surface area contributed by atoms with E-state index < -0.39 is 53.1 Å². The highest BCUT2D eigenvalue weighted by Crippen LogP contribution is 2.59. The maximum Gasteiger partial charge on any atom is 0.305 e. The van der Waals surface area contributed by atoms with Gasteiger partial charge in [0.25, 0.3) is 6.29 Å². The summed E-state index contributed by atoms with van der Waals surface area (Å²) in [7, 11) is 0. The average molecular weight is 427 g/mol. The number of ether oxygens (including phenoxy) is 3. The van der Waals surface area contributed by atoms with Gasteiger partial charge in [0, 0.05) is 19.4 Å². The molecular weight excluding hydrogens is 406 g/mol. The standard InChI is InChI=1S/C22H21NO8/c1-11(24)14-6-5-7-15(10-14)23-18(27)16-17(19(23)28)22(9-8-21(16,4)31-22)20(29-12(2)25)30-13(3)26/h5-10,16-17,20H,1-4H3. The van der Waals surface area contributed by atoms with Crippen LogP contribution < -0.4 is 4.90 Å². The summed E-state index contributed by atoms with van der Waals surface area (Å²) in [6, 6.07) is 6.21. The molecule has 2 saturated heterocycles. The highest BCUT2D eigenvalue weighted by Gasteiger charge is 2.75. The first kappa shape index (κ1) is 20.9. The Morgan fingerprint density at radius 2 is 1.61 bits per heavy atom. The molecule has 2 amide bonds. The van der Waals surface area contributed by atoms with E-state index in [9.17, 15) is 24.0 Å². The lowest BCUT2D eigenvalue weighted by Crippen LogP contribution is -2.52. The van der Waals surface area contributed by atoms with Gasteiger partial charge in [-0.3, -0.25) is 24.0 Å². The van der Waals surface area contributed by atoms with Gasteiger partial charge in [-0.1, -0.05) is 18.2 Å². The summed E-state index contributed by atoms with van der Waals surface area (Å²) in [6.07, 6.45) is 1.59. The zero-order valence-electron chi connectivity index (χ0n) is 17.4. The smallest absolute Gasteiger partial charge is 0.305 e. The van der Waals surface area contributed by atoms with E-state index >= 15 is 0 Å². The molecule has 0 aromatic heterocycles. The van der Waals surface area contributed by atoms with Gasteiger partial charge in [0.2, 0.25) is 11.8 Å². The summed E-state index contributed by atoms with van der Waals surface area (Å²) < 4.78 is 16.5. The number of amides is 2. The minimum atomic E-state index is -1.64. The van der Waals surface area contributed by atoms with Crippen molar-refractivity contribution in [3.63, 3.8) is 0 Å². The molecule has 4 atom stereocenters. The lowest BCUT2D eigenvalue weighted by molar-refractivity contribution is -0.231.